The molecule has 0 bridgehead atoms. The molecule has 2 aliphatic rings. The Morgan fingerprint density at radius 3 is 2.70 bits per heavy atom. The fourth-order valence-electron chi connectivity index (χ4n) is 4.58. The van der Waals surface area contributed by atoms with Crippen LogP contribution >= 0.6 is 0 Å². The lowest BCUT2D eigenvalue weighted by molar-refractivity contribution is -0.121. The van der Waals surface area contributed by atoms with Crippen LogP contribution in [0.1, 0.15) is 27.9 Å². The van der Waals surface area contributed by atoms with Gasteiger partial charge in [-0.05, 0) is 31.0 Å². The van der Waals surface area contributed by atoms with Crippen LogP contribution in [0.3, 0.4) is 0 Å². The van der Waals surface area contributed by atoms with E-state index in [4.69, 9.17) is 10.5 Å². The minimum Gasteiger partial charge on any atom is -0.420 e. The maximum atomic E-state index is 14.2. The lowest BCUT2D eigenvalue weighted by atomic mass is 9.69. The van der Waals surface area contributed by atoms with E-state index >= 15 is 0 Å². The standard InChI is InChI=1S/C23H19N5O2/c1-13-7-3-4-8-15(13)12-28-18-10-6-5-9-16(18)23(22(28)29)17(11-24)20(25)30-21-19(23)14(2)26-27-21/h3-10H,12,25H2,1-2H3,(H,26,27). The molecule has 0 saturated carbocycles. The van der Waals surface area contributed by atoms with Crippen molar-refractivity contribution in [2.45, 2.75) is 25.8 Å². The second-order valence-corrected chi connectivity index (χ2v) is 7.57. The van der Waals surface area contributed by atoms with Crippen LogP contribution in [0.5, 0.6) is 5.88 Å². The van der Waals surface area contributed by atoms with Crippen molar-refractivity contribution >= 4 is 11.6 Å². The van der Waals surface area contributed by atoms with Gasteiger partial charge in [0.25, 0.3) is 0 Å². The molecular weight excluding hydrogens is 378 g/mol. The van der Waals surface area contributed by atoms with Crippen LogP contribution in [0, 0.1) is 25.2 Å². The van der Waals surface area contributed by atoms with Crippen LogP contribution in [0.15, 0.2) is 60.0 Å². The van der Waals surface area contributed by atoms with Crippen molar-refractivity contribution in [1.82, 2.24) is 10.2 Å². The quantitative estimate of drug-likeness (QED) is 0.691. The van der Waals surface area contributed by atoms with Crippen molar-refractivity contribution in [3.8, 4) is 11.9 Å². The molecule has 1 unspecified atom stereocenters. The molecule has 2 aliphatic heterocycles. The second kappa shape index (κ2) is 6.22. The zero-order chi connectivity index (χ0) is 21.0. The van der Waals surface area contributed by atoms with Gasteiger partial charge in [-0.1, -0.05) is 42.5 Å². The molecular formula is C23H19N5O2. The number of aromatic nitrogens is 2. The highest BCUT2D eigenvalue weighted by molar-refractivity contribution is 6.14. The molecule has 1 amide bonds. The van der Waals surface area contributed by atoms with Crippen LogP contribution in [0.4, 0.5) is 5.69 Å². The average molecular weight is 397 g/mol. The van der Waals surface area contributed by atoms with E-state index in [1.54, 1.807) is 4.90 Å². The van der Waals surface area contributed by atoms with Crippen molar-refractivity contribution in [3.05, 3.63) is 87.9 Å². The van der Waals surface area contributed by atoms with Crippen LogP contribution in [0.25, 0.3) is 0 Å². The molecule has 3 heterocycles. The highest BCUT2D eigenvalue weighted by Gasteiger charge is 2.60. The number of aryl methyl sites for hydroxylation is 2. The third kappa shape index (κ3) is 2.13. The fourth-order valence-corrected chi connectivity index (χ4v) is 4.58. The Bertz CT molecular complexity index is 1280. The number of nitrogens with one attached hydrogen (secondary N) is 1. The Labute approximate surface area is 173 Å². The minimum absolute atomic E-state index is 0.0873. The summed E-state index contributed by atoms with van der Waals surface area (Å²) < 4.78 is 5.60. The van der Waals surface area contributed by atoms with Gasteiger partial charge in [-0.25, -0.2) is 0 Å². The molecule has 1 aromatic heterocycles. The predicted molar refractivity (Wildman–Crippen MR) is 110 cm³/mol. The second-order valence-electron chi connectivity index (χ2n) is 7.57. The molecule has 0 aliphatic carbocycles. The van der Waals surface area contributed by atoms with Gasteiger partial charge in [0.15, 0.2) is 0 Å². The van der Waals surface area contributed by atoms with Crippen LogP contribution in [0.2, 0.25) is 0 Å². The van der Waals surface area contributed by atoms with E-state index in [9.17, 15) is 10.1 Å². The van der Waals surface area contributed by atoms with Gasteiger partial charge in [0.1, 0.15) is 17.1 Å². The fraction of sp³-hybridized carbons (Fsp3) is 0.174. The Morgan fingerprint density at radius 1 is 1.20 bits per heavy atom. The van der Waals surface area contributed by atoms with Crippen LogP contribution in [-0.2, 0) is 16.8 Å². The highest BCUT2D eigenvalue weighted by atomic mass is 16.5. The van der Waals surface area contributed by atoms with Crippen molar-refractivity contribution in [1.29, 1.82) is 5.26 Å². The number of nitrogens with zero attached hydrogens (tertiary/aromatic N) is 3. The first kappa shape index (κ1) is 18.0. The molecule has 3 aromatic rings. The third-order valence-electron chi connectivity index (χ3n) is 5.98. The number of H-pyrrole nitrogens is 1. The Morgan fingerprint density at radius 2 is 1.93 bits per heavy atom. The first-order valence-corrected chi connectivity index (χ1v) is 9.59. The maximum absolute atomic E-state index is 14.2. The summed E-state index contributed by atoms with van der Waals surface area (Å²) in [5.74, 6) is -0.109. The molecule has 3 N–H and O–H groups in total. The summed E-state index contributed by atoms with van der Waals surface area (Å²) in [6.45, 7) is 4.21. The number of nitrogens with two attached hydrogens (primary N) is 1. The Hall–Kier alpha value is -4.05. The number of carbonyl (C=O) groups is 1. The van der Waals surface area contributed by atoms with E-state index in [2.05, 4.69) is 16.3 Å². The smallest absolute Gasteiger partial charge is 0.248 e. The third-order valence-corrected chi connectivity index (χ3v) is 5.98. The SMILES string of the molecule is Cc1ccccc1CN1C(=O)C2(C(C#N)=C(N)Oc3n[nH]c(C)c32)c2ccccc21. The van der Waals surface area contributed by atoms with Gasteiger partial charge in [-0.15, -0.1) is 5.10 Å². The normalized spacial score (nSPS) is 19.5. The van der Waals surface area contributed by atoms with Gasteiger partial charge in [0.2, 0.25) is 17.7 Å². The molecule has 0 radical (unpaired) electrons. The molecule has 1 atom stereocenters. The number of hydrogen-bond donors (Lipinski definition) is 2. The predicted octanol–water partition coefficient (Wildman–Crippen LogP) is 2.95. The molecule has 2 aromatic carbocycles. The number of benzene rings is 2. The number of para-hydroxylation sites is 1. The van der Waals surface area contributed by atoms with E-state index in [1.165, 1.54) is 0 Å². The Kier molecular flexibility index (Phi) is 3.74. The number of fused-ring (bicyclic) bond motifs is 4. The minimum atomic E-state index is -1.39. The highest BCUT2D eigenvalue weighted by Crippen LogP contribution is 2.55. The molecule has 7 nitrogen and oxygen atoms in total. The largest absolute Gasteiger partial charge is 0.420 e. The molecule has 7 heteroatoms. The van der Waals surface area contributed by atoms with Crippen molar-refractivity contribution < 1.29 is 9.53 Å². The van der Waals surface area contributed by atoms with Gasteiger partial charge < -0.3 is 15.4 Å². The number of amides is 1. The zero-order valence-electron chi connectivity index (χ0n) is 16.6. The van der Waals surface area contributed by atoms with Gasteiger partial charge in [0, 0.05) is 16.9 Å². The Balaban J connectivity index is 1.80. The van der Waals surface area contributed by atoms with Crippen molar-refractivity contribution in [2.75, 3.05) is 4.90 Å². The van der Waals surface area contributed by atoms with E-state index in [-0.39, 0.29) is 23.2 Å². The molecule has 5 rings (SSSR count). The number of ether oxygens (including phenoxy) is 1. The number of carbonyl (C=O) groups excluding carboxylic acids is 1. The summed E-state index contributed by atoms with van der Waals surface area (Å²) in [4.78, 5) is 15.9. The van der Waals surface area contributed by atoms with Crippen molar-refractivity contribution in [3.63, 3.8) is 0 Å². The van der Waals surface area contributed by atoms with Gasteiger partial charge in [-0.2, -0.15) is 5.26 Å². The summed E-state index contributed by atoms with van der Waals surface area (Å²) in [7, 11) is 0. The number of aromatic amines is 1. The maximum Gasteiger partial charge on any atom is 0.248 e. The topological polar surface area (TPSA) is 108 Å². The lowest BCUT2D eigenvalue weighted by Crippen LogP contribution is -2.45. The summed E-state index contributed by atoms with van der Waals surface area (Å²) in [6.07, 6.45) is 0. The molecule has 1 spiro atoms. The van der Waals surface area contributed by atoms with Crippen LogP contribution in [-0.4, -0.2) is 16.1 Å². The summed E-state index contributed by atoms with van der Waals surface area (Å²) in [5.41, 5.74) is 9.60. The van der Waals surface area contributed by atoms with E-state index < -0.39 is 5.41 Å². The number of hydrogen-bond acceptors (Lipinski definition) is 5. The van der Waals surface area contributed by atoms with Gasteiger partial charge >= 0.3 is 0 Å². The number of anilines is 1. The average Bonchev–Trinajstić information content (AvgIpc) is 3.22. The van der Waals surface area contributed by atoms with Crippen molar-refractivity contribution in [2.24, 2.45) is 5.73 Å². The molecule has 0 fully saturated rings. The molecule has 148 valence electrons. The first-order valence-electron chi connectivity index (χ1n) is 9.59. The summed E-state index contributed by atoms with van der Waals surface area (Å²) in [5, 5.41) is 17.1. The van der Waals surface area contributed by atoms with Crippen LogP contribution < -0.4 is 15.4 Å². The summed E-state index contributed by atoms with van der Waals surface area (Å²) in [6, 6.07) is 17.6. The zero-order valence-corrected chi connectivity index (χ0v) is 16.6. The first-order chi connectivity index (χ1) is 14.5. The number of nitriles is 1. The number of rotatable bonds is 2. The van der Waals surface area contributed by atoms with E-state index in [0.717, 1.165) is 16.8 Å². The monoisotopic (exact) mass is 397 g/mol. The van der Waals surface area contributed by atoms with Gasteiger partial charge in [0.05, 0.1) is 12.1 Å². The van der Waals surface area contributed by atoms with E-state index in [0.29, 0.717) is 23.4 Å². The molecule has 0 saturated heterocycles. The van der Waals surface area contributed by atoms with Gasteiger partial charge in [-0.3, -0.25) is 9.89 Å². The van der Waals surface area contributed by atoms with E-state index in [1.807, 2.05) is 62.4 Å². The summed E-state index contributed by atoms with van der Waals surface area (Å²) >= 11 is 0. The molecule has 30 heavy (non-hydrogen) atoms. The lowest BCUT2D eigenvalue weighted by Gasteiger charge is -2.32.